The van der Waals surface area contributed by atoms with Crippen molar-refractivity contribution >= 4 is 12.2 Å². The summed E-state index contributed by atoms with van der Waals surface area (Å²) in [6.07, 6.45) is 9.10. The van der Waals surface area contributed by atoms with Crippen molar-refractivity contribution in [3.63, 3.8) is 0 Å². The molecule has 1 aromatic rings. The van der Waals surface area contributed by atoms with Crippen LogP contribution in [0.4, 0.5) is 0 Å². The average Bonchev–Trinajstić information content (AvgIpc) is 2.40. The molecule has 1 unspecified atom stereocenters. The zero-order valence-electron chi connectivity index (χ0n) is 10.9. The minimum atomic E-state index is -0.0213. The Hall–Kier alpha value is -1.20. The molecule has 0 spiro atoms. The van der Waals surface area contributed by atoms with Gasteiger partial charge < -0.3 is 4.98 Å². The van der Waals surface area contributed by atoms with E-state index in [1.165, 1.54) is 19.3 Å². The van der Waals surface area contributed by atoms with E-state index >= 15 is 0 Å². The number of aromatic nitrogens is 2. The molecule has 1 aliphatic carbocycles. The fourth-order valence-corrected chi connectivity index (χ4v) is 3.27. The highest BCUT2D eigenvalue weighted by molar-refractivity contribution is 7.71. The summed E-state index contributed by atoms with van der Waals surface area (Å²) in [5.74, 6) is 0.743. The lowest BCUT2D eigenvalue weighted by Gasteiger charge is -2.31. The van der Waals surface area contributed by atoms with Gasteiger partial charge in [-0.3, -0.25) is 14.7 Å². The fraction of sp³-hybridized carbons (Fsp3) is 0.571. The molecule has 0 saturated carbocycles. The maximum absolute atomic E-state index is 11.9. The van der Waals surface area contributed by atoms with Crippen molar-refractivity contribution in [1.29, 1.82) is 0 Å². The number of rotatable bonds is 2. The van der Waals surface area contributed by atoms with Gasteiger partial charge in [0, 0.05) is 31.7 Å². The Morgan fingerprint density at radius 3 is 3.05 bits per heavy atom. The Morgan fingerprint density at radius 2 is 2.26 bits per heavy atom. The van der Waals surface area contributed by atoms with Crippen LogP contribution >= 0.6 is 12.2 Å². The SMILES string of the molecule is O=c1[nH]c(=S)[nH]c2c1CN(CC1CC=CCC1)CC2. The second kappa shape index (κ2) is 5.43. The van der Waals surface area contributed by atoms with Gasteiger partial charge >= 0.3 is 0 Å². The Bertz CT molecular complexity index is 601. The van der Waals surface area contributed by atoms with E-state index in [0.29, 0.717) is 4.77 Å². The van der Waals surface area contributed by atoms with Gasteiger partial charge in [0.25, 0.3) is 5.56 Å². The standard InChI is InChI=1S/C14H19N3OS/c18-13-11-9-17(8-10-4-2-1-3-5-10)7-6-12(11)15-14(19)16-13/h1-2,10H,3-9H2,(H2,15,16,18,19). The van der Waals surface area contributed by atoms with E-state index in [2.05, 4.69) is 27.0 Å². The summed E-state index contributed by atoms with van der Waals surface area (Å²) in [6.45, 7) is 2.86. The molecule has 0 fully saturated rings. The lowest BCUT2D eigenvalue weighted by Crippen LogP contribution is -2.38. The van der Waals surface area contributed by atoms with Crippen LogP contribution in [0.5, 0.6) is 0 Å². The smallest absolute Gasteiger partial charge is 0.256 e. The van der Waals surface area contributed by atoms with Crippen LogP contribution in [0.1, 0.15) is 30.5 Å². The van der Waals surface area contributed by atoms with Gasteiger partial charge in [0.2, 0.25) is 0 Å². The Labute approximate surface area is 117 Å². The molecule has 19 heavy (non-hydrogen) atoms. The summed E-state index contributed by atoms with van der Waals surface area (Å²) >= 11 is 5.01. The molecule has 102 valence electrons. The normalized spacial score (nSPS) is 23.3. The van der Waals surface area contributed by atoms with E-state index in [4.69, 9.17) is 12.2 Å². The number of hydrogen-bond donors (Lipinski definition) is 2. The molecular formula is C14H19N3OS. The minimum absolute atomic E-state index is 0.0213. The molecule has 0 radical (unpaired) electrons. The minimum Gasteiger partial charge on any atom is -0.335 e. The first kappa shape index (κ1) is 12.8. The van der Waals surface area contributed by atoms with E-state index < -0.39 is 0 Å². The Kier molecular flexibility index (Phi) is 3.66. The van der Waals surface area contributed by atoms with Crippen molar-refractivity contribution in [3.8, 4) is 0 Å². The zero-order chi connectivity index (χ0) is 13.2. The van der Waals surface area contributed by atoms with Crippen LogP contribution in [0.25, 0.3) is 0 Å². The monoisotopic (exact) mass is 277 g/mol. The second-order valence-corrected chi connectivity index (χ2v) is 5.91. The molecule has 2 aliphatic rings. The number of H-pyrrole nitrogens is 2. The molecule has 5 heteroatoms. The molecular weight excluding hydrogens is 258 g/mol. The quantitative estimate of drug-likeness (QED) is 0.643. The Balaban J connectivity index is 1.73. The Morgan fingerprint density at radius 1 is 1.37 bits per heavy atom. The third-order valence-electron chi connectivity index (χ3n) is 4.08. The molecule has 3 rings (SSSR count). The molecule has 1 atom stereocenters. The largest absolute Gasteiger partial charge is 0.335 e. The summed E-state index contributed by atoms with van der Waals surface area (Å²) < 4.78 is 0.439. The van der Waals surface area contributed by atoms with Gasteiger partial charge in [0.15, 0.2) is 4.77 Å². The van der Waals surface area contributed by atoms with Gasteiger partial charge in [0.05, 0.1) is 5.56 Å². The van der Waals surface area contributed by atoms with Crippen molar-refractivity contribution in [3.05, 3.63) is 38.5 Å². The van der Waals surface area contributed by atoms with E-state index in [0.717, 1.165) is 43.2 Å². The van der Waals surface area contributed by atoms with E-state index in [1.807, 2.05) is 0 Å². The van der Waals surface area contributed by atoms with Gasteiger partial charge in [-0.05, 0) is 37.4 Å². The topological polar surface area (TPSA) is 51.9 Å². The molecule has 1 aliphatic heterocycles. The first-order valence-corrected chi connectivity index (χ1v) is 7.35. The molecule has 0 aromatic carbocycles. The lowest BCUT2D eigenvalue weighted by molar-refractivity contribution is 0.204. The van der Waals surface area contributed by atoms with E-state index in [9.17, 15) is 4.79 Å². The molecule has 0 amide bonds. The van der Waals surface area contributed by atoms with Crippen molar-refractivity contribution in [2.45, 2.75) is 32.2 Å². The average molecular weight is 277 g/mol. The van der Waals surface area contributed by atoms with Crippen molar-refractivity contribution in [2.75, 3.05) is 13.1 Å². The van der Waals surface area contributed by atoms with Crippen molar-refractivity contribution in [1.82, 2.24) is 14.9 Å². The number of allylic oxidation sites excluding steroid dienone is 2. The van der Waals surface area contributed by atoms with E-state index in [-0.39, 0.29) is 5.56 Å². The number of nitrogens with zero attached hydrogens (tertiary/aromatic N) is 1. The summed E-state index contributed by atoms with van der Waals surface area (Å²) in [5.41, 5.74) is 1.87. The highest BCUT2D eigenvalue weighted by Gasteiger charge is 2.22. The second-order valence-electron chi connectivity index (χ2n) is 5.50. The molecule has 2 N–H and O–H groups in total. The maximum Gasteiger partial charge on any atom is 0.256 e. The molecule has 0 bridgehead atoms. The summed E-state index contributed by atoms with van der Waals surface area (Å²) in [4.78, 5) is 20.1. The van der Waals surface area contributed by atoms with Crippen LogP contribution in [0.2, 0.25) is 0 Å². The number of fused-ring (bicyclic) bond motifs is 1. The summed E-state index contributed by atoms with van der Waals surface area (Å²) in [7, 11) is 0. The molecule has 2 heterocycles. The third kappa shape index (κ3) is 2.87. The maximum atomic E-state index is 11.9. The zero-order valence-corrected chi connectivity index (χ0v) is 11.8. The summed E-state index contributed by atoms with van der Waals surface area (Å²) in [6, 6.07) is 0. The molecule has 0 saturated heterocycles. The van der Waals surface area contributed by atoms with Crippen LogP contribution in [0, 0.1) is 10.7 Å². The predicted octanol–water partition coefficient (Wildman–Crippen LogP) is 2.15. The van der Waals surface area contributed by atoms with Gasteiger partial charge in [-0.1, -0.05) is 12.2 Å². The summed E-state index contributed by atoms with van der Waals surface area (Å²) in [5, 5.41) is 0. The number of hydrogen-bond acceptors (Lipinski definition) is 3. The van der Waals surface area contributed by atoms with Crippen molar-refractivity contribution in [2.24, 2.45) is 5.92 Å². The van der Waals surface area contributed by atoms with Crippen LogP contribution in [0.15, 0.2) is 16.9 Å². The van der Waals surface area contributed by atoms with Crippen LogP contribution in [0.3, 0.4) is 0 Å². The number of aromatic amines is 2. The van der Waals surface area contributed by atoms with Gasteiger partial charge in [-0.2, -0.15) is 0 Å². The van der Waals surface area contributed by atoms with Crippen molar-refractivity contribution < 1.29 is 0 Å². The lowest BCUT2D eigenvalue weighted by atomic mass is 9.93. The van der Waals surface area contributed by atoms with Gasteiger partial charge in [-0.15, -0.1) is 0 Å². The van der Waals surface area contributed by atoms with Gasteiger partial charge in [0.1, 0.15) is 0 Å². The number of nitrogens with one attached hydrogen (secondary N) is 2. The van der Waals surface area contributed by atoms with Crippen LogP contribution < -0.4 is 5.56 Å². The van der Waals surface area contributed by atoms with Gasteiger partial charge in [-0.25, -0.2) is 0 Å². The van der Waals surface area contributed by atoms with Crippen LogP contribution in [-0.4, -0.2) is 28.0 Å². The van der Waals surface area contributed by atoms with Crippen LogP contribution in [-0.2, 0) is 13.0 Å². The first-order chi connectivity index (χ1) is 9.22. The highest BCUT2D eigenvalue weighted by Crippen LogP contribution is 2.22. The molecule has 1 aromatic heterocycles. The highest BCUT2D eigenvalue weighted by atomic mass is 32.1. The third-order valence-corrected chi connectivity index (χ3v) is 4.29. The predicted molar refractivity (Wildman–Crippen MR) is 77.7 cm³/mol. The fourth-order valence-electron chi connectivity index (χ4n) is 3.06. The molecule has 4 nitrogen and oxygen atoms in total. The van der Waals surface area contributed by atoms with E-state index in [1.54, 1.807) is 0 Å². The first-order valence-electron chi connectivity index (χ1n) is 6.94.